The average molecular weight is 279 g/mol. The van der Waals surface area contributed by atoms with E-state index in [9.17, 15) is 0 Å². The van der Waals surface area contributed by atoms with E-state index >= 15 is 0 Å². The van der Waals surface area contributed by atoms with E-state index in [1.54, 1.807) is 7.11 Å². The lowest BCUT2D eigenvalue weighted by molar-refractivity contribution is 0.419. The van der Waals surface area contributed by atoms with Crippen LogP contribution >= 0.6 is 11.6 Å². The van der Waals surface area contributed by atoms with Crippen LogP contribution in [-0.2, 0) is 6.42 Å². The van der Waals surface area contributed by atoms with Gasteiger partial charge in [0.15, 0.2) is 0 Å². The van der Waals surface area contributed by atoms with Crippen LogP contribution in [0, 0.1) is 13.8 Å². The summed E-state index contributed by atoms with van der Waals surface area (Å²) in [5.41, 5.74) is 9.75. The molecule has 2 rings (SSSR count). The Balaban J connectivity index is 2.66. The number of fused-ring (bicyclic) bond motifs is 1. The van der Waals surface area contributed by atoms with Gasteiger partial charge >= 0.3 is 0 Å². The van der Waals surface area contributed by atoms with Crippen LogP contribution in [0.1, 0.15) is 23.2 Å². The molecule has 0 saturated carbocycles. The summed E-state index contributed by atoms with van der Waals surface area (Å²) in [5.74, 6) is 0.721. The molecule has 0 bridgehead atoms. The van der Waals surface area contributed by atoms with E-state index < -0.39 is 0 Å². The van der Waals surface area contributed by atoms with Gasteiger partial charge in [-0.1, -0.05) is 11.6 Å². The Hall–Kier alpha value is -1.32. The number of methoxy groups -OCH3 is 1. The van der Waals surface area contributed by atoms with Crippen molar-refractivity contribution in [3.8, 4) is 5.75 Å². The fraction of sp³-hybridized carbons (Fsp3) is 0.400. The van der Waals surface area contributed by atoms with Crippen molar-refractivity contribution in [2.75, 3.05) is 13.7 Å². The predicted octanol–water partition coefficient (Wildman–Crippen LogP) is 3.40. The third kappa shape index (κ3) is 2.67. The highest BCUT2D eigenvalue weighted by Gasteiger charge is 2.12. The van der Waals surface area contributed by atoms with Crippen molar-refractivity contribution in [1.82, 2.24) is 4.98 Å². The molecule has 102 valence electrons. The molecule has 0 atom stereocenters. The van der Waals surface area contributed by atoms with Crippen molar-refractivity contribution < 1.29 is 4.74 Å². The highest BCUT2D eigenvalue weighted by atomic mass is 35.5. The standard InChI is InChI=1S/C15H19ClN2O/c1-9-12-7-11(5-4-6-17)10(2)18-15(12)14(19-3)8-13(9)16/h7-8H,4-6,17H2,1-3H3. The molecule has 0 radical (unpaired) electrons. The van der Waals surface area contributed by atoms with Gasteiger partial charge in [-0.05, 0) is 50.4 Å². The van der Waals surface area contributed by atoms with Crippen LogP contribution in [0.4, 0.5) is 0 Å². The van der Waals surface area contributed by atoms with Gasteiger partial charge in [0.25, 0.3) is 0 Å². The van der Waals surface area contributed by atoms with Gasteiger partial charge in [0.1, 0.15) is 11.3 Å². The first-order chi connectivity index (χ1) is 9.08. The summed E-state index contributed by atoms with van der Waals surface area (Å²) in [4.78, 5) is 4.68. The van der Waals surface area contributed by atoms with Crippen molar-refractivity contribution in [3.63, 3.8) is 0 Å². The minimum atomic E-state index is 0.690. The first-order valence-electron chi connectivity index (χ1n) is 6.42. The Kier molecular flexibility index (Phi) is 4.27. The third-order valence-corrected chi connectivity index (χ3v) is 3.83. The molecule has 0 aliphatic rings. The number of pyridine rings is 1. The molecule has 4 heteroatoms. The molecular weight excluding hydrogens is 260 g/mol. The summed E-state index contributed by atoms with van der Waals surface area (Å²) in [6.07, 6.45) is 1.91. The number of aryl methyl sites for hydroxylation is 3. The molecule has 1 heterocycles. The van der Waals surface area contributed by atoms with E-state index in [0.29, 0.717) is 11.6 Å². The highest BCUT2D eigenvalue weighted by molar-refractivity contribution is 6.32. The van der Waals surface area contributed by atoms with E-state index in [0.717, 1.165) is 40.8 Å². The first kappa shape index (κ1) is 14.1. The van der Waals surface area contributed by atoms with Gasteiger partial charge in [0.2, 0.25) is 0 Å². The Morgan fingerprint density at radius 2 is 2.05 bits per heavy atom. The van der Waals surface area contributed by atoms with Crippen molar-refractivity contribution in [3.05, 3.63) is 34.0 Å². The van der Waals surface area contributed by atoms with E-state index in [1.807, 2.05) is 19.9 Å². The zero-order valence-corrected chi connectivity index (χ0v) is 12.3. The summed E-state index contributed by atoms with van der Waals surface area (Å²) in [6.45, 7) is 4.72. The molecule has 0 amide bonds. The fourth-order valence-corrected chi connectivity index (χ4v) is 2.44. The monoisotopic (exact) mass is 278 g/mol. The molecule has 1 aromatic carbocycles. The lowest BCUT2D eigenvalue weighted by Crippen LogP contribution is -2.03. The van der Waals surface area contributed by atoms with Crippen LogP contribution in [-0.4, -0.2) is 18.6 Å². The van der Waals surface area contributed by atoms with E-state index in [4.69, 9.17) is 22.1 Å². The number of halogens is 1. The second-order valence-corrected chi connectivity index (χ2v) is 5.11. The van der Waals surface area contributed by atoms with Gasteiger partial charge in [-0.15, -0.1) is 0 Å². The van der Waals surface area contributed by atoms with Crippen molar-refractivity contribution in [1.29, 1.82) is 0 Å². The van der Waals surface area contributed by atoms with Crippen LogP contribution in [0.25, 0.3) is 10.9 Å². The number of ether oxygens (including phenoxy) is 1. The molecule has 2 N–H and O–H groups in total. The second-order valence-electron chi connectivity index (χ2n) is 4.71. The molecule has 0 aliphatic carbocycles. The second kappa shape index (κ2) is 5.76. The molecule has 0 saturated heterocycles. The number of nitrogens with zero attached hydrogens (tertiary/aromatic N) is 1. The predicted molar refractivity (Wildman–Crippen MR) is 80.2 cm³/mol. The molecule has 1 aromatic heterocycles. The van der Waals surface area contributed by atoms with E-state index in [-0.39, 0.29) is 0 Å². The SMILES string of the molecule is COc1cc(Cl)c(C)c2cc(CCCN)c(C)nc12. The Labute approximate surface area is 118 Å². The quantitative estimate of drug-likeness (QED) is 0.932. The maximum Gasteiger partial charge on any atom is 0.146 e. The summed E-state index contributed by atoms with van der Waals surface area (Å²) in [7, 11) is 1.64. The average Bonchev–Trinajstić information content (AvgIpc) is 2.41. The van der Waals surface area contributed by atoms with Gasteiger partial charge in [-0.3, -0.25) is 0 Å². The minimum Gasteiger partial charge on any atom is -0.494 e. The normalized spacial score (nSPS) is 11.0. The topological polar surface area (TPSA) is 48.1 Å². The number of hydrogen-bond donors (Lipinski definition) is 1. The summed E-state index contributed by atoms with van der Waals surface area (Å²) in [5, 5.41) is 1.77. The maximum absolute atomic E-state index is 6.24. The first-order valence-corrected chi connectivity index (χ1v) is 6.79. The summed E-state index contributed by atoms with van der Waals surface area (Å²) >= 11 is 6.24. The van der Waals surface area contributed by atoms with Crippen molar-refractivity contribution >= 4 is 22.5 Å². The molecule has 19 heavy (non-hydrogen) atoms. The molecule has 2 aromatic rings. The van der Waals surface area contributed by atoms with Gasteiger partial charge in [0.05, 0.1) is 7.11 Å². The van der Waals surface area contributed by atoms with Gasteiger partial charge in [0, 0.05) is 22.2 Å². The van der Waals surface area contributed by atoms with Crippen LogP contribution in [0.15, 0.2) is 12.1 Å². The zero-order valence-electron chi connectivity index (χ0n) is 11.6. The van der Waals surface area contributed by atoms with Crippen LogP contribution in [0.2, 0.25) is 5.02 Å². The lowest BCUT2D eigenvalue weighted by Gasteiger charge is -2.13. The molecular formula is C15H19ClN2O. The highest BCUT2D eigenvalue weighted by Crippen LogP contribution is 2.33. The largest absolute Gasteiger partial charge is 0.494 e. The van der Waals surface area contributed by atoms with Gasteiger partial charge < -0.3 is 10.5 Å². The number of hydrogen-bond acceptors (Lipinski definition) is 3. The number of rotatable bonds is 4. The molecule has 0 fully saturated rings. The van der Waals surface area contributed by atoms with E-state index in [2.05, 4.69) is 11.1 Å². The van der Waals surface area contributed by atoms with E-state index in [1.165, 1.54) is 5.56 Å². The van der Waals surface area contributed by atoms with Crippen LogP contribution in [0.3, 0.4) is 0 Å². The van der Waals surface area contributed by atoms with Crippen LogP contribution < -0.4 is 10.5 Å². The minimum absolute atomic E-state index is 0.690. The number of nitrogens with two attached hydrogens (primary N) is 1. The van der Waals surface area contributed by atoms with Crippen molar-refractivity contribution in [2.45, 2.75) is 26.7 Å². The van der Waals surface area contributed by atoms with Gasteiger partial charge in [-0.25, -0.2) is 4.98 Å². The van der Waals surface area contributed by atoms with Gasteiger partial charge in [-0.2, -0.15) is 0 Å². The smallest absolute Gasteiger partial charge is 0.146 e. The van der Waals surface area contributed by atoms with Crippen molar-refractivity contribution in [2.24, 2.45) is 5.73 Å². The van der Waals surface area contributed by atoms with Crippen LogP contribution in [0.5, 0.6) is 5.75 Å². The Morgan fingerprint density at radius 3 is 2.68 bits per heavy atom. The lowest BCUT2D eigenvalue weighted by atomic mass is 10.0. The number of benzene rings is 1. The fourth-order valence-electron chi connectivity index (χ4n) is 2.24. The summed E-state index contributed by atoms with van der Waals surface area (Å²) in [6, 6.07) is 3.99. The maximum atomic E-state index is 6.24. The third-order valence-electron chi connectivity index (χ3n) is 3.44. The summed E-state index contributed by atoms with van der Waals surface area (Å²) < 4.78 is 5.37. The molecule has 3 nitrogen and oxygen atoms in total. The Bertz CT molecular complexity index is 611. The molecule has 0 unspecified atom stereocenters. The zero-order chi connectivity index (χ0) is 14.0. The number of aromatic nitrogens is 1. The molecule has 0 aliphatic heterocycles. The molecule has 0 spiro atoms. The Morgan fingerprint density at radius 1 is 1.32 bits per heavy atom.